The third-order valence-electron chi connectivity index (χ3n) is 20.8. The fourth-order valence-electron chi connectivity index (χ4n) is 16.2. The quantitative estimate of drug-likeness (QED) is 0.108. The number of hydrogen-bond donors (Lipinski definition) is 1. The summed E-state index contributed by atoms with van der Waals surface area (Å²) in [5.74, 6) is 1.38. The average molecular weight is 1150 g/mol. The van der Waals surface area contributed by atoms with Gasteiger partial charge in [0, 0.05) is 80.9 Å². The minimum absolute atomic E-state index is 0.00572. The van der Waals surface area contributed by atoms with Gasteiger partial charge in [-0.25, -0.2) is 18.6 Å². The maximum atomic E-state index is 17.5. The van der Waals surface area contributed by atoms with Crippen LogP contribution in [0.1, 0.15) is 123 Å². The third kappa shape index (κ3) is 9.42. The molecule has 8 aliphatic rings. The molecule has 0 saturated carbocycles. The van der Waals surface area contributed by atoms with Gasteiger partial charge in [0.2, 0.25) is 11.8 Å². The number of likely N-dealkylation sites (tertiary alicyclic amines) is 1. The van der Waals surface area contributed by atoms with Crippen LogP contribution in [0.25, 0.3) is 43.8 Å². The molecule has 6 saturated heterocycles. The lowest BCUT2D eigenvalue weighted by Crippen LogP contribution is -2.48. The van der Waals surface area contributed by atoms with Crippen molar-refractivity contribution in [2.75, 3.05) is 75.5 Å². The lowest BCUT2D eigenvalue weighted by molar-refractivity contribution is -0.134. The summed E-state index contributed by atoms with van der Waals surface area (Å²) < 4.78 is 53.5. The Morgan fingerprint density at radius 1 is 0.859 bits per heavy atom. The molecular weight excluding hydrogens is 1080 g/mol. The van der Waals surface area contributed by atoms with Gasteiger partial charge in [-0.1, -0.05) is 48.4 Å². The number of fused-ring (bicyclic) bond motifs is 6. The molecule has 10 heterocycles. The smallest absolute Gasteiger partial charge is 0.409 e. The highest BCUT2D eigenvalue weighted by molar-refractivity contribution is 6.04. The monoisotopic (exact) mass is 1150 g/mol. The summed E-state index contributed by atoms with van der Waals surface area (Å²) in [6.07, 6.45) is 18.3. The molecule has 438 valence electrons. The zero-order valence-corrected chi connectivity index (χ0v) is 48.1. The minimum Gasteiger partial charge on any atom is -0.461 e. The van der Waals surface area contributed by atoms with Gasteiger partial charge in [0.25, 0.3) is 0 Å². The highest BCUT2D eigenvalue weighted by Crippen LogP contribution is 2.48. The minimum atomic E-state index is -0.640. The molecule has 1 spiro atoms. The Balaban J connectivity index is 0.576. The largest absolute Gasteiger partial charge is 0.461 e. The number of pyridine rings is 1. The summed E-state index contributed by atoms with van der Waals surface area (Å²) >= 11 is 0. The Hall–Kier alpha value is -7.75. The number of carbonyl (C=O) groups is 3. The molecule has 15 rings (SSSR count). The van der Waals surface area contributed by atoms with E-state index in [4.69, 9.17) is 40.7 Å². The average Bonchev–Trinajstić information content (AvgIpc) is 1.94. The van der Waals surface area contributed by atoms with E-state index >= 15 is 8.78 Å². The van der Waals surface area contributed by atoms with Crippen molar-refractivity contribution in [1.29, 1.82) is 0 Å². The van der Waals surface area contributed by atoms with E-state index in [0.29, 0.717) is 104 Å². The maximum absolute atomic E-state index is 17.5. The highest BCUT2D eigenvalue weighted by atomic mass is 19.1. The van der Waals surface area contributed by atoms with Gasteiger partial charge in [0.05, 0.1) is 52.0 Å². The number of halogens is 2. The van der Waals surface area contributed by atoms with Crippen molar-refractivity contribution in [2.24, 2.45) is 12.5 Å². The first-order valence-corrected chi connectivity index (χ1v) is 30.8. The lowest BCUT2D eigenvalue weighted by Gasteiger charge is -2.40. The number of piperidine rings is 3. The number of terminal acetylenes is 1. The van der Waals surface area contributed by atoms with Gasteiger partial charge in [0.1, 0.15) is 36.1 Å². The second kappa shape index (κ2) is 21.3. The van der Waals surface area contributed by atoms with Crippen molar-refractivity contribution < 1.29 is 37.4 Å². The predicted molar refractivity (Wildman–Crippen MR) is 319 cm³/mol. The number of benzene rings is 4. The Bertz CT molecular complexity index is 3920. The van der Waals surface area contributed by atoms with E-state index in [1.54, 1.807) is 18.2 Å². The number of amides is 3. The Morgan fingerprint density at radius 2 is 1.72 bits per heavy atom. The van der Waals surface area contributed by atoms with E-state index in [-0.39, 0.29) is 63.7 Å². The molecule has 1 unspecified atom stereocenters. The standard InChI is InChI=1S/C67H70F2N10O6/c1-3-48-52(68)16-11-41-7-4-8-50(56(41)48)60-58(69)61-57-53(70-60)17-13-46-37-83-32-6-26-78(46)62(57)73-64(72-61)85-39-67-22-5-27-79(67)47(19-23-67)38-84-65(82)77-28-20-40(21-29-77)42-9-10-43-35-66(36-44(43)33-42)24-30-76(31-25-66)45-12-14-49-54(34-45)75(2)74-59(49)51-15-18-55(80)71-63(51)81/h1,4,7-12,14,16,33-34,40,46-47,51H,5-6,13,15,17-32,35-39H2,2H3,(H,71,80,81)/t46-,47-,51?,67-/m0/s1. The molecule has 18 heteroatoms. The Labute approximate surface area is 492 Å². The van der Waals surface area contributed by atoms with Crippen LogP contribution in [-0.2, 0) is 45.4 Å². The second-order valence-electron chi connectivity index (χ2n) is 25.5. The van der Waals surface area contributed by atoms with Crippen molar-refractivity contribution >= 4 is 62.0 Å². The molecule has 7 aliphatic heterocycles. The molecule has 1 N–H and O–H groups in total. The normalized spacial score (nSPS) is 24.1. The molecule has 3 amide bonds. The summed E-state index contributed by atoms with van der Waals surface area (Å²) in [5.41, 5.74) is 8.47. The second-order valence-corrected chi connectivity index (χ2v) is 25.5. The molecule has 3 aromatic heterocycles. The summed E-state index contributed by atoms with van der Waals surface area (Å²) in [6, 6.07) is 22.1. The van der Waals surface area contributed by atoms with Crippen LogP contribution in [-0.4, -0.2) is 136 Å². The van der Waals surface area contributed by atoms with E-state index in [1.807, 2.05) is 22.7 Å². The van der Waals surface area contributed by atoms with Crippen molar-refractivity contribution in [3.63, 3.8) is 0 Å². The van der Waals surface area contributed by atoms with E-state index in [0.717, 1.165) is 113 Å². The van der Waals surface area contributed by atoms with Gasteiger partial charge in [-0.2, -0.15) is 15.1 Å². The number of carbonyl (C=O) groups excluding carboxylic acids is 3. The number of imide groups is 1. The van der Waals surface area contributed by atoms with Gasteiger partial charge in [-0.3, -0.25) is 24.5 Å². The third-order valence-corrected chi connectivity index (χ3v) is 20.8. The molecule has 0 radical (unpaired) electrons. The molecule has 16 nitrogen and oxygen atoms in total. The Morgan fingerprint density at radius 3 is 2.56 bits per heavy atom. The number of hydrogen-bond acceptors (Lipinski definition) is 13. The number of aromatic nitrogens is 5. The first-order valence-electron chi connectivity index (χ1n) is 30.8. The van der Waals surface area contributed by atoms with Crippen LogP contribution in [0.4, 0.5) is 25.1 Å². The summed E-state index contributed by atoms with van der Waals surface area (Å²) in [5, 5.41) is 9.89. The van der Waals surface area contributed by atoms with Gasteiger partial charge in [-0.05, 0) is 154 Å². The number of nitrogens with one attached hydrogen (secondary N) is 1. The first kappa shape index (κ1) is 53.9. The molecule has 6 fully saturated rings. The molecule has 7 aromatic rings. The van der Waals surface area contributed by atoms with Crippen LogP contribution >= 0.6 is 0 Å². The van der Waals surface area contributed by atoms with Crippen LogP contribution in [0, 0.1) is 29.4 Å². The van der Waals surface area contributed by atoms with Crippen LogP contribution in [0.2, 0.25) is 0 Å². The molecule has 85 heavy (non-hydrogen) atoms. The Kier molecular flexibility index (Phi) is 13.5. The van der Waals surface area contributed by atoms with E-state index in [9.17, 15) is 14.4 Å². The molecular formula is C67H70F2N10O6. The molecule has 0 bridgehead atoms. The molecule has 4 atom stereocenters. The molecule has 4 aromatic carbocycles. The van der Waals surface area contributed by atoms with Crippen molar-refractivity contribution in [1.82, 2.24) is 39.8 Å². The van der Waals surface area contributed by atoms with Gasteiger partial charge >= 0.3 is 12.1 Å². The van der Waals surface area contributed by atoms with Crippen LogP contribution in [0.3, 0.4) is 0 Å². The van der Waals surface area contributed by atoms with E-state index in [1.165, 1.54) is 28.4 Å². The number of anilines is 2. The summed E-state index contributed by atoms with van der Waals surface area (Å²) in [4.78, 5) is 62.4. The summed E-state index contributed by atoms with van der Waals surface area (Å²) in [6.45, 7) is 6.53. The number of ether oxygens (including phenoxy) is 3. The van der Waals surface area contributed by atoms with Crippen molar-refractivity contribution in [3.8, 4) is 29.6 Å². The fourth-order valence-corrected chi connectivity index (χ4v) is 16.2. The zero-order chi connectivity index (χ0) is 57.7. The van der Waals surface area contributed by atoms with Gasteiger partial charge in [-0.15, -0.1) is 6.42 Å². The van der Waals surface area contributed by atoms with Crippen LogP contribution < -0.4 is 19.9 Å². The number of aryl methyl sites for hydroxylation is 2. The topological polar surface area (TPSA) is 160 Å². The van der Waals surface area contributed by atoms with E-state index < -0.39 is 17.6 Å². The number of nitrogens with zero attached hydrogens (tertiary/aromatic N) is 9. The maximum Gasteiger partial charge on any atom is 0.409 e. The zero-order valence-electron chi connectivity index (χ0n) is 48.1. The molecule has 1 aliphatic carbocycles. The lowest BCUT2D eigenvalue weighted by atomic mass is 9.76. The van der Waals surface area contributed by atoms with Crippen molar-refractivity contribution in [2.45, 2.75) is 126 Å². The van der Waals surface area contributed by atoms with Crippen LogP contribution in [0.15, 0.2) is 66.7 Å². The van der Waals surface area contributed by atoms with Crippen LogP contribution in [0.5, 0.6) is 6.01 Å². The predicted octanol–water partition coefficient (Wildman–Crippen LogP) is 9.83. The fraction of sp³-hybridized carbons (Fsp3) is 0.478. The van der Waals surface area contributed by atoms with E-state index in [2.05, 4.69) is 62.3 Å². The van der Waals surface area contributed by atoms with Gasteiger partial charge in [0.15, 0.2) is 5.82 Å². The van der Waals surface area contributed by atoms with Crippen molar-refractivity contribution in [3.05, 3.63) is 112 Å². The first-order chi connectivity index (χ1) is 41.4. The highest BCUT2D eigenvalue weighted by Gasteiger charge is 2.51. The SMILES string of the molecule is C#Cc1c(F)ccc2cccc(-c3nc4c5c(nc(OC[C@@]67CCCN6[C@H](COC(=O)N6CCC(c8ccc9c(c8)CC8(CCN(c%10ccc%11c(C%12CCC(=O)NC%12=O)nn(C)c%11c%10)CC8)C9)CC6)CC7)nc5c3F)N3CCCOC[C@@H]3CC4)c12. The number of rotatable bonds is 9. The summed E-state index contributed by atoms with van der Waals surface area (Å²) in [7, 11) is 1.93. The van der Waals surface area contributed by atoms with Gasteiger partial charge < -0.3 is 28.9 Å².